The number of pyridine rings is 1. The fraction of sp³-hybridized carbons (Fsp3) is 0.111. The average molecular weight is 157 g/mol. The highest BCUT2D eigenvalue weighted by Crippen LogP contribution is 2.11. The summed E-state index contributed by atoms with van der Waals surface area (Å²) in [4.78, 5) is 4.13. The minimum atomic E-state index is 0.466. The number of hydrogen-bond donors (Lipinski definition) is 0. The Morgan fingerprint density at radius 2 is 2.25 bits per heavy atom. The van der Waals surface area contributed by atoms with E-state index in [0.29, 0.717) is 5.69 Å². The summed E-state index contributed by atoms with van der Waals surface area (Å²) in [5.41, 5.74) is 2.39. The summed E-state index contributed by atoms with van der Waals surface area (Å²) >= 11 is 0. The molecule has 2 heterocycles. The van der Waals surface area contributed by atoms with E-state index in [1.807, 2.05) is 36.0 Å². The summed E-state index contributed by atoms with van der Waals surface area (Å²) in [6, 6.07) is 7.54. The van der Waals surface area contributed by atoms with Crippen molar-refractivity contribution in [2.24, 2.45) is 7.05 Å². The average Bonchev–Trinajstić information content (AvgIpc) is 2.47. The third-order valence-corrected chi connectivity index (χ3v) is 1.85. The minimum absolute atomic E-state index is 0.466. The SMILES string of the molecule is Cn1ccc2nc(C#N)ccc21. The van der Waals surface area contributed by atoms with Gasteiger partial charge in [0.05, 0.1) is 11.0 Å². The van der Waals surface area contributed by atoms with E-state index >= 15 is 0 Å². The molecule has 0 spiro atoms. The zero-order valence-corrected chi connectivity index (χ0v) is 6.65. The van der Waals surface area contributed by atoms with Crippen LogP contribution >= 0.6 is 0 Å². The second-order valence-electron chi connectivity index (χ2n) is 2.64. The van der Waals surface area contributed by atoms with Gasteiger partial charge in [0.2, 0.25) is 0 Å². The summed E-state index contributed by atoms with van der Waals surface area (Å²) in [5, 5.41) is 8.58. The zero-order chi connectivity index (χ0) is 8.55. The van der Waals surface area contributed by atoms with E-state index < -0.39 is 0 Å². The van der Waals surface area contributed by atoms with Crippen molar-refractivity contribution < 1.29 is 0 Å². The van der Waals surface area contributed by atoms with Crippen LogP contribution in [0.15, 0.2) is 24.4 Å². The lowest BCUT2D eigenvalue weighted by Gasteiger charge is -1.93. The van der Waals surface area contributed by atoms with Gasteiger partial charge in [-0.1, -0.05) is 0 Å². The van der Waals surface area contributed by atoms with Crippen LogP contribution < -0.4 is 0 Å². The van der Waals surface area contributed by atoms with Gasteiger partial charge in [-0.2, -0.15) is 5.26 Å². The summed E-state index contributed by atoms with van der Waals surface area (Å²) < 4.78 is 1.98. The molecular weight excluding hydrogens is 150 g/mol. The lowest BCUT2D eigenvalue weighted by atomic mass is 10.3. The molecule has 2 aromatic rings. The summed E-state index contributed by atoms with van der Waals surface area (Å²) in [6.07, 6.45) is 1.93. The molecule has 0 aliphatic rings. The van der Waals surface area contributed by atoms with Gasteiger partial charge in [-0.3, -0.25) is 0 Å². The van der Waals surface area contributed by atoms with Gasteiger partial charge in [0.1, 0.15) is 11.8 Å². The third-order valence-electron chi connectivity index (χ3n) is 1.85. The number of nitriles is 1. The second kappa shape index (κ2) is 2.35. The van der Waals surface area contributed by atoms with E-state index in [2.05, 4.69) is 4.98 Å². The normalized spacial score (nSPS) is 10.0. The van der Waals surface area contributed by atoms with Crippen molar-refractivity contribution in [1.82, 2.24) is 9.55 Å². The summed E-state index contributed by atoms with van der Waals surface area (Å²) in [5.74, 6) is 0. The highest BCUT2D eigenvalue weighted by atomic mass is 14.9. The number of aromatic nitrogens is 2. The van der Waals surface area contributed by atoms with Crippen LogP contribution in [0.3, 0.4) is 0 Å². The Morgan fingerprint density at radius 1 is 1.42 bits per heavy atom. The molecule has 0 radical (unpaired) electrons. The zero-order valence-electron chi connectivity index (χ0n) is 6.65. The number of aryl methyl sites for hydroxylation is 1. The fourth-order valence-corrected chi connectivity index (χ4v) is 1.21. The topological polar surface area (TPSA) is 41.6 Å². The summed E-state index contributed by atoms with van der Waals surface area (Å²) in [7, 11) is 1.95. The molecule has 2 aromatic heterocycles. The van der Waals surface area contributed by atoms with Gasteiger partial charge < -0.3 is 4.57 Å². The van der Waals surface area contributed by atoms with E-state index in [1.54, 1.807) is 6.07 Å². The first-order valence-corrected chi connectivity index (χ1v) is 3.63. The molecule has 0 amide bonds. The third kappa shape index (κ3) is 0.857. The van der Waals surface area contributed by atoms with Crippen LogP contribution in [-0.2, 0) is 7.05 Å². The van der Waals surface area contributed by atoms with Crippen molar-refractivity contribution in [2.45, 2.75) is 0 Å². The molecule has 0 unspecified atom stereocenters. The Bertz CT molecular complexity index is 462. The maximum atomic E-state index is 8.58. The molecule has 0 aliphatic heterocycles. The Labute approximate surface area is 69.9 Å². The molecule has 0 saturated carbocycles. The molecule has 0 bridgehead atoms. The molecule has 0 saturated heterocycles. The van der Waals surface area contributed by atoms with Crippen LogP contribution in [0, 0.1) is 11.3 Å². The summed E-state index contributed by atoms with van der Waals surface area (Å²) in [6.45, 7) is 0. The van der Waals surface area contributed by atoms with E-state index in [4.69, 9.17) is 5.26 Å². The van der Waals surface area contributed by atoms with Crippen molar-refractivity contribution in [1.29, 1.82) is 5.26 Å². The van der Waals surface area contributed by atoms with Gasteiger partial charge in [-0.05, 0) is 18.2 Å². The van der Waals surface area contributed by atoms with Crippen molar-refractivity contribution in [2.75, 3.05) is 0 Å². The van der Waals surface area contributed by atoms with Gasteiger partial charge in [-0.25, -0.2) is 4.98 Å². The predicted octanol–water partition coefficient (Wildman–Crippen LogP) is 1.44. The van der Waals surface area contributed by atoms with Crippen LogP contribution in [0.25, 0.3) is 11.0 Å². The van der Waals surface area contributed by atoms with Crippen LogP contribution in [-0.4, -0.2) is 9.55 Å². The number of hydrogen-bond acceptors (Lipinski definition) is 2. The number of fused-ring (bicyclic) bond motifs is 1. The van der Waals surface area contributed by atoms with Gasteiger partial charge in [0.25, 0.3) is 0 Å². The van der Waals surface area contributed by atoms with Crippen LogP contribution in [0.2, 0.25) is 0 Å². The Morgan fingerprint density at radius 3 is 3.00 bits per heavy atom. The molecule has 2 rings (SSSR count). The van der Waals surface area contributed by atoms with Crippen molar-refractivity contribution in [3.8, 4) is 6.07 Å². The van der Waals surface area contributed by atoms with Crippen LogP contribution in [0.5, 0.6) is 0 Å². The van der Waals surface area contributed by atoms with E-state index in [1.165, 1.54) is 0 Å². The maximum absolute atomic E-state index is 8.58. The Balaban J connectivity index is 2.80. The standard InChI is InChI=1S/C9H7N3/c1-12-5-4-8-9(12)3-2-7(6-10)11-8/h2-5H,1H3. The first-order valence-electron chi connectivity index (χ1n) is 3.63. The molecule has 0 aromatic carbocycles. The second-order valence-corrected chi connectivity index (χ2v) is 2.64. The first kappa shape index (κ1) is 6.86. The highest BCUT2D eigenvalue weighted by molar-refractivity contribution is 5.76. The largest absolute Gasteiger partial charge is 0.349 e. The quantitative estimate of drug-likeness (QED) is 0.580. The molecular formula is C9H7N3. The van der Waals surface area contributed by atoms with Crippen LogP contribution in [0.4, 0.5) is 0 Å². The number of rotatable bonds is 0. The van der Waals surface area contributed by atoms with Gasteiger partial charge >= 0.3 is 0 Å². The van der Waals surface area contributed by atoms with Gasteiger partial charge in [0, 0.05) is 13.2 Å². The predicted molar refractivity (Wildman–Crippen MR) is 45.4 cm³/mol. The van der Waals surface area contributed by atoms with E-state index in [0.717, 1.165) is 11.0 Å². The molecule has 0 fully saturated rings. The maximum Gasteiger partial charge on any atom is 0.141 e. The van der Waals surface area contributed by atoms with E-state index in [-0.39, 0.29) is 0 Å². The van der Waals surface area contributed by atoms with Gasteiger partial charge in [0.15, 0.2) is 0 Å². The Kier molecular flexibility index (Phi) is 1.34. The lowest BCUT2D eigenvalue weighted by Crippen LogP contribution is -1.86. The van der Waals surface area contributed by atoms with Crippen LogP contribution in [0.1, 0.15) is 5.69 Å². The van der Waals surface area contributed by atoms with Gasteiger partial charge in [-0.15, -0.1) is 0 Å². The van der Waals surface area contributed by atoms with E-state index in [9.17, 15) is 0 Å². The smallest absolute Gasteiger partial charge is 0.141 e. The first-order chi connectivity index (χ1) is 5.81. The molecule has 0 N–H and O–H groups in total. The molecule has 3 heteroatoms. The lowest BCUT2D eigenvalue weighted by molar-refractivity contribution is 0.968. The fourth-order valence-electron chi connectivity index (χ4n) is 1.21. The highest BCUT2D eigenvalue weighted by Gasteiger charge is 1.99. The number of nitrogens with zero attached hydrogens (tertiary/aromatic N) is 3. The molecule has 3 nitrogen and oxygen atoms in total. The minimum Gasteiger partial charge on any atom is -0.349 e. The molecule has 0 aliphatic carbocycles. The monoisotopic (exact) mass is 157 g/mol. The molecule has 0 atom stereocenters. The molecule has 58 valence electrons. The van der Waals surface area contributed by atoms with Crippen molar-refractivity contribution in [3.63, 3.8) is 0 Å². The van der Waals surface area contributed by atoms with Crippen molar-refractivity contribution in [3.05, 3.63) is 30.1 Å². The van der Waals surface area contributed by atoms with Crippen molar-refractivity contribution >= 4 is 11.0 Å². The molecule has 12 heavy (non-hydrogen) atoms. The Hall–Kier alpha value is -1.82.